The lowest BCUT2D eigenvalue weighted by molar-refractivity contribution is 0.0888. The number of halogens is 1. The van der Waals surface area contributed by atoms with Crippen molar-refractivity contribution in [3.63, 3.8) is 0 Å². The van der Waals surface area contributed by atoms with Crippen LogP contribution < -0.4 is 11.1 Å². The number of nitrogen functional groups attached to an aromatic ring is 1. The van der Waals surface area contributed by atoms with E-state index in [0.717, 1.165) is 25.7 Å². The fourth-order valence-electron chi connectivity index (χ4n) is 3.09. The van der Waals surface area contributed by atoms with Crippen LogP contribution in [0.1, 0.15) is 48.7 Å². The molecule has 1 amide bonds. The van der Waals surface area contributed by atoms with Crippen molar-refractivity contribution in [1.82, 2.24) is 5.32 Å². The molecule has 0 radical (unpaired) electrons. The van der Waals surface area contributed by atoms with Crippen LogP contribution in [0.4, 0.5) is 10.1 Å². The smallest absolute Gasteiger partial charge is 0.263 e. The number of thiophene rings is 1. The largest absolute Gasteiger partial charge is 0.397 e. The molecule has 1 aromatic carbocycles. The van der Waals surface area contributed by atoms with E-state index in [1.165, 1.54) is 23.8 Å². The molecule has 3 N–H and O–H groups in total. The van der Waals surface area contributed by atoms with E-state index in [4.69, 9.17) is 5.73 Å². The first-order chi connectivity index (χ1) is 10.0. The Bertz CT molecular complexity index is 689. The Morgan fingerprint density at radius 1 is 1.33 bits per heavy atom. The van der Waals surface area contributed by atoms with Gasteiger partial charge in [-0.15, -0.1) is 11.3 Å². The molecule has 1 heterocycles. The molecule has 0 unspecified atom stereocenters. The zero-order valence-electron chi connectivity index (χ0n) is 12.0. The summed E-state index contributed by atoms with van der Waals surface area (Å²) in [5.74, 6) is -0.554. The first-order valence-electron chi connectivity index (χ1n) is 7.29. The topological polar surface area (TPSA) is 55.1 Å². The van der Waals surface area contributed by atoms with E-state index in [0.29, 0.717) is 15.0 Å². The summed E-state index contributed by atoms with van der Waals surface area (Å²) >= 11 is 1.26. The van der Waals surface area contributed by atoms with Crippen LogP contribution in [0.15, 0.2) is 18.2 Å². The van der Waals surface area contributed by atoms with E-state index in [-0.39, 0.29) is 23.0 Å². The molecule has 3 rings (SSSR count). The second-order valence-electron chi connectivity index (χ2n) is 6.03. The number of amides is 1. The minimum absolute atomic E-state index is 0.170. The highest BCUT2D eigenvalue weighted by Crippen LogP contribution is 2.36. The maximum absolute atomic E-state index is 13.9. The van der Waals surface area contributed by atoms with Crippen molar-refractivity contribution in [2.45, 2.75) is 44.6 Å². The van der Waals surface area contributed by atoms with Gasteiger partial charge < -0.3 is 11.1 Å². The van der Waals surface area contributed by atoms with Crippen LogP contribution >= 0.6 is 11.3 Å². The van der Waals surface area contributed by atoms with Crippen LogP contribution in [-0.4, -0.2) is 11.4 Å². The second kappa shape index (κ2) is 5.30. The molecule has 0 atom stereocenters. The Morgan fingerprint density at radius 2 is 2.05 bits per heavy atom. The average molecular weight is 306 g/mol. The molecule has 1 saturated carbocycles. The first-order valence-corrected chi connectivity index (χ1v) is 8.11. The highest BCUT2D eigenvalue weighted by molar-refractivity contribution is 7.21. The van der Waals surface area contributed by atoms with Gasteiger partial charge in [-0.3, -0.25) is 4.79 Å². The van der Waals surface area contributed by atoms with E-state index >= 15 is 0 Å². The molecule has 1 aliphatic rings. The summed E-state index contributed by atoms with van der Waals surface area (Å²) in [4.78, 5) is 12.9. The minimum atomic E-state index is -0.371. The Balaban J connectivity index is 1.91. The normalized spacial score (nSPS) is 17.8. The highest BCUT2D eigenvalue weighted by Gasteiger charge is 2.30. The SMILES string of the molecule is CC1(NC(=O)c2sc3cccc(F)c3c2N)CCCCC1. The lowest BCUT2D eigenvalue weighted by Crippen LogP contribution is -2.47. The molecule has 1 aliphatic carbocycles. The monoisotopic (exact) mass is 306 g/mol. The molecule has 112 valence electrons. The third kappa shape index (κ3) is 2.62. The van der Waals surface area contributed by atoms with Gasteiger partial charge in [-0.2, -0.15) is 0 Å². The van der Waals surface area contributed by atoms with Crippen molar-refractivity contribution >= 4 is 33.0 Å². The summed E-state index contributed by atoms with van der Waals surface area (Å²) in [6.45, 7) is 2.08. The van der Waals surface area contributed by atoms with Gasteiger partial charge in [0.1, 0.15) is 10.7 Å². The lowest BCUT2D eigenvalue weighted by Gasteiger charge is -2.34. The molecule has 0 bridgehead atoms. The summed E-state index contributed by atoms with van der Waals surface area (Å²) < 4.78 is 14.6. The van der Waals surface area contributed by atoms with Gasteiger partial charge in [0.15, 0.2) is 0 Å². The molecular weight excluding hydrogens is 287 g/mol. The van der Waals surface area contributed by atoms with Gasteiger partial charge in [-0.1, -0.05) is 25.3 Å². The number of hydrogen-bond donors (Lipinski definition) is 2. The maximum atomic E-state index is 13.9. The number of carbonyl (C=O) groups excluding carboxylic acids is 1. The zero-order chi connectivity index (χ0) is 15.0. The number of anilines is 1. The molecule has 0 spiro atoms. The van der Waals surface area contributed by atoms with E-state index < -0.39 is 0 Å². The van der Waals surface area contributed by atoms with E-state index in [9.17, 15) is 9.18 Å². The van der Waals surface area contributed by atoms with Crippen LogP contribution in [-0.2, 0) is 0 Å². The Hall–Kier alpha value is -1.62. The third-order valence-electron chi connectivity index (χ3n) is 4.28. The summed E-state index contributed by atoms with van der Waals surface area (Å²) in [6.07, 6.45) is 5.46. The molecule has 0 saturated heterocycles. The Morgan fingerprint density at radius 3 is 2.71 bits per heavy atom. The Kier molecular flexibility index (Phi) is 3.61. The molecule has 0 aliphatic heterocycles. The number of benzene rings is 1. The van der Waals surface area contributed by atoms with Gasteiger partial charge in [-0.25, -0.2) is 4.39 Å². The predicted molar refractivity (Wildman–Crippen MR) is 85.2 cm³/mol. The van der Waals surface area contributed by atoms with Crippen molar-refractivity contribution in [1.29, 1.82) is 0 Å². The Labute approximate surface area is 127 Å². The molecule has 5 heteroatoms. The summed E-state index contributed by atoms with van der Waals surface area (Å²) in [6, 6.07) is 4.80. The predicted octanol–water partition coefficient (Wildman–Crippen LogP) is 4.08. The highest BCUT2D eigenvalue weighted by atomic mass is 32.1. The van der Waals surface area contributed by atoms with Crippen molar-refractivity contribution < 1.29 is 9.18 Å². The number of hydrogen-bond acceptors (Lipinski definition) is 3. The van der Waals surface area contributed by atoms with Crippen LogP contribution in [0.3, 0.4) is 0 Å². The van der Waals surface area contributed by atoms with Crippen LogP contribution in [0, 0.1) is 5.82 Å². The number of fused-ring (bicyclic) bond motifs is 1. The lowest BCUT2D eigenvalue weighted by atomic mass is 9.83. The molecule has 1 fully saturated rings. The summed E-state index contributed by atoms with van der Waals surface area (Å²) in [5, 5.41) is 3.46. The van der Waals surface area contributed by atoms with E-state index in [1.54, 1.807) is 12.1 Å². The molecule has 2 aromatic rings. The second-order valence-corrected chi connectivity index (χ2v) is 7.09. The third-order valence-corrected chi connectivity index (χ3v) is 5.45. The van der Waals surface area contributed by atoms with Gasteiger partial charge in [0.25, 0.3) is 5.91 Å². The van der Waals surface area contributed by atoms with E-state index in [1.807, 2.05) is 0 Å². The van der Waals surface area contributed by atoms with Gasteiger partial charge in [0, 0.05) is 10.2 Å². The van der Waals surface area contributed by atoms with Crippen LogP contribution in [0.5, 0.6) is 0 Å². The minimum Gasteiger partial charge on any atom is -0.397 e. The zero-order valence-corrected chi connectivity index (χ0v) is 12.9. The van der Waals surface area contributed by atoms with Crippen molar-refractivity contribution in [3.05, 3.63) is 28.9 Å². The van der Waals surface area contributed by atoms with E-state index in [2.05, 4.69) is 12.2 Å². The number of nitrogens with two attached hydrogens (primary N) is 1. The maximum Gasteiger partial charge on any atom is 0.263 e. The van der Waals surface area contributed by atoms with Gasteiger partial charge in [0.2, 0.25) is 0 Å². The number of rotatable bonds is 2. The van der Waals surface area contributed by atoms with Crippen molar-refractivity contribution in [3.8, 4) is 0 Å². The fraction of sp³-hybridized carbons (Fsp3) is 0.438. The number of carbonyl (C=O) groups is 1. The van der Waals surface area contributed by atoms with Gasteiger partial charge >= 0.3 is 0 Å². The number of nitrogens with one attached hydrogen (secondary N) is 1. The molecule has 21 heavy (non-hydrogen) atoms. The van der Waals surface area contributed by atoms with Gasteiger partial charge in [-0.05, 0) is 31.9 Å². The summed E-state index contributed by atoms with van der Waals surface area (Å²) in [5.41, 5.74) is 6.08. The molecular formula is C16H19FN2OS. The standard InChI is InChI=1S/C16H19FN2OS/c1-16(8-3-2-4-9-16)19-15(20)14-13(18)12-10(17)6-5-7-11(12)21-14/h5-7H,2-4,8-9,18H2,1H3,(H,19,20). The quantitative estimate of drug-likeness (QED) is 0.878. The van der Waals surface area contributed by atoms with Crippen molar-refractivity contribution in [2.24, 2.45) is 0 Å². The molecule has 3 nitrogen and oxygen atoms in total. The molecule has 1 aromatic heterocycles. The summed E-state index contributed by atoms with van der Waals surface area (Å²) in [7, 11) is 0. The van der Waals surface area contributed by atoms with Crippen LogP contribution in [0.25, 0.3) is 10.1 Å². The first kappa shape index (κ1) is 14.3. The van der Waals surface area contributed by atoms with Crippen LogP contribution in [0.2, 0.25) is 0 Å². The average Bonchev–Trinajstić information content (AvgIpc) is 2.78. The van der Waals surface area contributed by atoms with Crippen molar-refractivity contribution in [2.75, 3.05) is 5.73 Å². The van der Waals surface area contributed by atoms with Gasteiger partial charge in [0.05, 0.1) is 11.1 Å². The fourth-order valence-corrected chi connectivity index (χ4v) is 4.12.